The molecule has 0 aliphatic carbocycles. The number of rotatable bonds is 7. The van der Waals surface area contributed by atoms with Crippen LogP contribution in [0.4, 0.5) is 5.69 Å². The first-order valence-corrected chi connectivity index (χ1v) is 9.64. The van der Waals surface area contributed by atoms with Crippen LogP contribution in [0.1, 0.15) is 11.4 Å². The average Bonchev–Trinajstić information content (AvgIpc) is 3.01. The van der Waals surface area contributed by atoms with Crippen LogP contribution >= 0.6 is 23.4 Å². The second-order valence-electron chi connectivity index (χ2n) is 5.88. The molecule has 3 rings (SSSR count). The number of carbonyl (C=O) groups excluding carboxylic acids is 1. The second kappa shape index (κ2) is 8.92. The number of amides is 1. The largest absolute Gasteiger partial charge is 0.484 e. The fourth-order valence-electron chi connectivity index (χ4n) is 2.26. The number of aromatic nitrogens is 3. The number of carbonyl (C=O) groups is 1. The van der Waals surface area contributed by atoms with Crippen LogP contribution in [0.3, 0.4) is 0 Å². The number of para-hydroxylation sites is 1. The quantitative estimate of drug-likeness (QED) is 0.603. The van der Waals surface area contributed by atoms with E-state index < -0.39 is 0 Å². The molecule has 0 spiro atoms. The van der Waals surface area contributed by atoms with Gasteiger partial charge in [0.1, 0.15) is 12.4 Å². The first-order valence-electron chi connectivity index (χ1n) is 8.28. The van der Waals surface area contributed by atoms with Crippen molar-refractivity contribution in [1.29, 1.82) is 0 Å². The van der Waals surface area contributed by atoms with Crippen LogP contribution in [0.5, 0.6) is 5.75 Å². The molecule has 0 aliphatic rings. The van der Waals surface area contributed by atoms with Gasteiger partial charge in [-0.3, -0.25) is 4.79 Å². The van der Waals surface area contributed by atoms with Gasteiger partial charge in [0.2, 0.25) is 5.91 Å². The summed E-state index contributed by atoms with van der Waals surface area (Å²) >= 11 is 7.40. The van der Waals surface area contributed by atoms with Crippen molar-refractivity contribution in [2.75, 3.05) is 11.1 Å². The monoisotopic (exact) mass is 402 g/mol. The average molecular weight is 403 g/mol. The van der Waals surface area contributed by atoms with E-state index >= 15 is 0 Å². The van der Waals surface area contributed by atoms with E-state index in [1.54, 1.807) is 16.7 Å². The Morgan fingerprint density at radius 2 is 1.93 bits per heavy atom. The summed E-state index contributed by atoms with van der Waals surface area (Å²) in [6, 6.07) is 14.9. The highest BCUT2D eigenvalue weighted by Gasteiger charge is 2.12. The molecule has 1 amide bonds. The lowest BCUT2D eigenvalue weighted by Gasteiger charge is -2.08. The molecular formula is C19H19ClN4O2S. The van der Waals surface area contributed by atoms with E-state index in [2.05, 4.69) is 15.5 Å². The molecule has 8 heteroatoms. The highest BCUT2D eigenvalue weighted by molar-refractivity contribution is 7.99. The first-order chi connectivity index (χ1) is 13.0. The number of benzene rings is 2. The molecule has 0 unspecified atom stereocenters. The van der Waals surface area contributed by atoms with Gasteiger partial charge < -0.3 is 14.6 Å². The maximum Gasteiger partial charge on any atom is 0.234 e. The summed E-state index contributed by atoms with van der Waals surface area (Å²) in [4.78, 5) is 12.1. The van der Waals surface area contributed by atoms with Crippen LogP contribution in [0.25, 0.3) is 0 Å². The van der Waals surface area contributed by atoms with Crippen molar-refractivity contribution in [3.8, 4) is 5.75 Å². The molecule has 0 atom stereocenters. The van der Waals surface area contributed by atoms with E-state index in [4.69, 9.17) is 16.3 Å². The highest BCUT2D eigenvalue weighted by atomic mass is 35.5. The summed E-state index contributed by atoms with van der Waals surface area (Å²) in [5.41, 5.74) is 1.92. The minimum absolute atomic E-state index is 0.0966. The number of hydrogen-bond acceptors (Lipinski definition) is 5. The van der Waals surface area contributed by atoms with Gasteiger partial charge in [0.25, 0.3) is 0 Å². The van der Waals surface area contributed by atoms with E-state index in [0.717, 1.165) is 11.3 Å². The van der Waals surface area contributed by atoms with Gasteiger partial charge in [0.15, 0.2) is 11.0 Å². The lowest BCUT2D eigenvalue weighted by molar-refractivity contribution is -0.113. The fourth-order valence-corrected chi connectivity index (χ4v) is 3.18. The van der Waals surface area contributed by atoms with Crippen molar-refractivity contribution in [2.45, 2.75) is 18.7 Å². The SMILES string of the molecule is Cc1ccc(NC(=O)CSc2nnc(COc3ccccc3Cl)n2C)cc1. The molecule has 0 saturated heterocycles. The molecule has 0 fully saturated rings. The van der Waals surface area contributed by atoms with Crippen LogP contribution in [-0.4, -0.2) is 26.4 Å². The molecule has 1 N–H and O–H groups in total. The Kier molecular flexibility index (Phi) is 6.36. The lowest BCUT2D eigenvalue weighted by Crippen LogP contribution is -2.14. The summed E-state index contributed by atoms with van der Waals surface area (Å²) in [6.07, 6.45) is 0. The number of nitrogens with zero attached hydrogens (tertiary/aromatic N) is 3. The molecular weight excluding hydrogens is 384 g/mol. The zero-order chi connectivity index (χ0) is 19.2. The zero-order valence-corrected chi connectivity index (χ0v) is 16.5. The number of ether oxygens (including phenoxy) is 1. The Balaban J connectivity index is 1.53. The van der Waals surface area contributed by atoms with Crippen molar-refractivity contribution < 1.29 is 9.53 Å². The molecule has 0 radical (unpaired) electrons. The van der Waals surface area contributed by atoms with Crippen molar-refractivity contribution in [2.24, 2.45) is 7.05 Å². The molecule has 1 heterocycles. The molecule has 27 heavy (non-hydrogen) atoms. The predicted octanol–water partition coefficient (Wildman–Crippen LogP) is 4.09. The van der Waals surface area contributed by atoms with Gasteiger partial charge in [-0.15, -0.1) is 10.2 Å². The molecule has 3 aromatic rings. The normalized spacial score (nSPS) is 10.6. The van der Waals surface area contributed by atoms with Crippen LogP contribution in [0.15, 0.2) is 53.7 Å². The number of thioether (sulfide) groups is 1. The van der Waals surface area contributed by atoms with Crippen molar-refractivity contribution in [1.82, 2.24) is 14.8 Å². The van der Waals surface area contributed by atoms with Crippen molar-refractivity contribution in [3.63, 3.8) is 0 Å². The maximum atomic E-state index is 12.1. The van der Waals surface area contributed by atoms with Gasteiger partial charge in [-0.1, -0.05) is 53.2 Å². The third kappa shape index (κ3) is 5.24. The van der Waals surface area contributed by atoms with E-state index in [-0.39, 0.29) is 18.3 Å². The third-order valence-electron chi connectivity index (χ3n) is 3.79. The van der Waals surface area contributed by atoms with E-state index in [0.29, 0.717) is 21.8 Å². The number of halogens is 1. The van der Waals surface area contributed by atoms with Gasteiger partial charge in [-0.05, 0) is 31.2 Å². The summed E-state index contributed by atoms with van der Waals surface area (Å²) < 4.78 is 7.49. The van der Waals surface area contributed by atoms with E-state index in [1.165, 1.54) is 11.8 Å². The molecule has 0 aliphatic heterocycles. The molecule has 1 aromatic heterocycles. The predicted molar refractivity (Wildman–Crippen MR) is 107 cm³/mol. The summed E-state index contributed by atoms with van der Waals surface area (Å²) in [6.45, 7) is 2.24. The van der Waals surface area contributed by atoms with Crippen LogP contribution < -0.4 is 10.1 Å². The first kappa shape index (κ1) is 19.3. The Morgan fingerprint density at radius 3 is 2.67 bits per heavy atom. The van der Waals surface area contributed by atoms with E-state index in [9.17, 15) is 4.79 Å². The Bertz CT molecular complexity index is 928. The molecule has 2 aromatic carbocycles. The van der Waals surface area contributed by atoms with Crippen LogP contribution in [-0.2, 0) is 18.4 Å². The minimum Gasteiger partial charge on any atom is -0.484 e. The molecule has 6 nitrogen and oxygen atoms in total. The molecule has 0 saturated carbocycles. The Hall–Kier alpha value is -2.51. The third-order valence-corrected chi connectivity index (χ3v) is 5.12. The van der Waals surface area contributed by atoms with Gasteiger partial charge in [0.05, 0.1) is 10.8 Å². The van der Waals surface area contributed by atoms with Crippen LogP contribution in [0.2, 0.25) is 5.02 Å². The van der Waals surface area contributed by atoms with Gasteiger partial charge >= 0.3 is 0 Å². The van der Waals surface area contributed by atoms with Crippen molar-refractivity contribution in [3.05, 3.63) is 64.9 Å². The van der Waals surface area contributed by atoms with Gasteiger partial charge in [0, 0.05) is 12.7 Å². The Morgan fingerprint density at radius 1 is 1.19 bits per heavy atom. The summed E-state index contributed by atoms with van der Waals surface area (Å²) in [5, 5.41) is 12.3. The smallest absolute Gasteiger partial charge is 0.234 e. The minimum atomic E-state index is -0.0966. The van der Waals surface area contributed by atoms with E-state index in [1.807, 2.05) is 50.4 Å². The fraction of sp³-hybridized carbons (Fsp3) is 0.211. The lowest BCUT2D eigenvalue weighted by atomic mass is 10.2. The van der Waals surface area contributed by atoms with Crippen LogP contribution in [0, 0.1) is 6.92 Å². The number of nitrogens with one attached hydrogen (secondary N) is 1. The second-order valence-corrected chi connectivity index (χ2v) is 7.23. The van der Waals surface area contributed by atoms with Gasteiger partial charge in [-0.25, -0.2) is 0 Å². The summed E-state index contributed by atoms with van der Waals surface area (Å²) in [5.74, 6) is 1.39. The Labute approximate surface area is 166 Å². The molecule has 0 bridgehead atoms. The topological polar surface area (TPSA) is 69.0 Å². The highest BCUT2D eigenvalue weighted by Crippen LogP contribution is 2.24. The number of hydrogen-bond donors (Lipinski definition) is 1. The zero-order valence-electron chi connectivity index (χ0n) is 15.0. The van der Waals surface area contributed by atoms with Gasteiger partial charge in [-0.2, -0.15) is 0 Å². The number of anilines is 1. The maximum absolute atomic E-state index is 12.1. The molecule has 140 valence electrons. The standard InChI is InChI=1S/C19H19ClN4O2S/c1-13-7-9-14(10-8-13)21-18(25)12-27-19-23-22-17(24(19)2)11-26-16-6-4-3-5-15(16)20/h3-10H,11-12H2,1-2H3,(H,21,25). The van der Waals surface area contributed by atoms with Crippen molar-refractivity contribution >= 4 is 35.0 Å². The summed E-state index contributed by atoms with van der Waals surface area (Å²) in [7, 11) is 1.84. The number of aryl methyl sites for hydroxylation is 1.